The summed E-state index contributed by atoms with van der Waals surface area (Å²) >= 11 is 0. The van der Waals surface area contributed by atoms with Gasteiger partial charge in [0.2, 0.25) is 11.7 Å². The number of rotatable bonds is 2. The molecular weight excluding hydrogens is 267 g/mol. The average Bonchev–Trinajstić information content (AvgIpc) is 2.65. The third kappa shape index (κ3) is 2.21. The number of fused-ring (bicyclic) bond motifs is 1. The normalized spacial score (nSPS) is 36.1. The number of hydrogen-bond donors (Lipinski definition) is 1. The van der Waals surface area contributed by atoms with Gasteiger partial charge in [0, 0.05) is 6.54 Å². The highest BCUT2D eigenvalue weighted by atomic mass is 19.4. The van der Waals surface area contributed by atoms with Crippen molar-refractivity contribution in [3.8, 4) is 0 Å². The van der Waals surface area contributed by atoms with Crippen LogP contribution in [0.5, 0.6) is 0 Å². The zero-order chi connectivity index (χ0) is 14.3. The summed E-state index contributed by atoms with van der Waals surface area (Å²) in [5, 5.41) is 11.2. The molecule has 0 aromatic carbocycles. The van der Waals surface area contributed by atoms with Crippen LogP contribution in [0.15, 0.2) is 0 Å². The molecule has 2 aliphatic heterocycles. The van der Waals surface area contributed by atoms with Crippen LogP contribution >= 0.6 is 0 Å². The Labute approximate surface area is 108 Å². The van der Waals surface area contributed by atoms with Gasteiger partial charge in [0.05, 0.1) is 12.6 Å². The van der Waals surface area contributed by atoms with Crippen LogP contribution in [0.4, 0.5) is 13.2 Å². The van der Waals surface area contributed by atoms with Crippen LogP contribution in [0.2, 0.25) is 0 Å². The first-order chi connectivity index (χ1) is 8.82. The SMILES string of the molecule is CCOC(=O)[C@@H]1ON2CCCC[C@@H]2[C@@]1(O)C(F)(F)F. The Morgan fingerprint density at radius 2 is 2.21 bits per heavy atom. The molecule has 0 aromatic rings. The van der Waals surface area contributed by atoms with Crippen molar-refractivity contribution in [1.29, 1.82) is 0 Å². The molecule has 110 valence electrons. The monoisotopic (exact) mass is 283 g/mol. The van der Waals surface area contributed by atoms with Crippen molar-refractivity contribution in [1.82, 2.24) is 5.06 Å². The summed E-state index contributed by atoms with van der Waals surface area (Å²) in [6, 6.07) is -1.25. The van der Waals surface area contributed by atoms with Crippen molar-refractivity contribution in [3.63, 3.8) is 0 Å². The minimum absolute atomic E-state index is 0.0721. The molecule has 8 heteroatoms. The maximum Gasteiger partial charge on any atom is 0.422 e. The van der Waals surface area contributed by atoms with Crippen LogP contribution in [-0.4, -0.2) is 53.2 Å². The summed E-state index contributed by atoms with van der Waals surface area (Å²) < 4.78 is 44.2. The van der Waals surface area contributed by atoms with Crippen molar-refractivity contribution in [2.45, 2.75) is 50.1 Å². The standard InChI is InChI=1S/C11H16F3NO4/c1-2-18-9(16)8-10(17,11(12,13)14)7-5-3-4-6-15(7)19-8/h7-8,17H,2-6H2,1H3/t7-,8+,10+/m1/s1. The van der Waals surface area contributed by atoms with Gasteiger partial charge in [0.1, 0.15) is 0 Å². The van der Waals surface area contributed by atoms with E-state index in [1.807, 2.05) is 0 Å². The predicted molar refractivity (Wildman–Crippen MR) is 56.9 cm³/mol. The number of hydroxylamine groups is 2. The lowest BCUT2D eigenvalue weighted by atomic mass is 9.84. The number of esters is 1. The van der Waals surface area contributed by atoms with E-state index in [-0.39, 0.29) is 19.6 Å². The van der Waals surface area contributed by atoms with Crippen molar-refractivity contribution in [2.24, 2.45) is 0 Å². The van der Waals surface area contributed by atoms with E-state index >= 15 is 0 Å². The smallest absolute Gasteiger partial charge is 0.422 e. The van der Waals surface area contributed by atoms with Crippen LogP contribution in [-0.2, 0) is 14.4 Å². The molecule has 2 aliphatic rings. The van der Waals surface area contributed by atoms with E-state index in [1.54, 1.807) is 0 Å². The number of piperidine rings is 1. The van der Waals surface area contributed by atoms with E-state index in [9.17, 15) is 23.1 Å². The van der Waals surface area contributed by atoms with E-state index in [2.05, 4.69) is 4.74 Å². The first-order valence-electron chi connectivity index (χ1n) is 6.21. The van der Waals surface area contributed by atoms with Gasteiger partial charge in [-0.05, 0) is 19.8 Å². The van der Waals surface area contributed by atoms with Crippen LogP contribution in [0.3, 0.4) is 0 Å². The van der Waals surface area contributed by atoms with Crippen molar-refractivity contribution >= 4 is 5.97 Å². The number of hydrogen-bond acceptors (Lipinski definition) is 5. The summed E-state index contributed by atoms with van der Waals surface area (Å²) in [5.41, 5.74) is -3.21. The Bertz CT molecular complexity index is 362. The van der Waals surface area contributed by atoms with Gasteiger partial charge in [-0.2, -0.15) is 18.2 Å². The fourth-order valence-corrected chi connectivity index (χ4v) is 2.64. The second-order valence-electron chi connectivity index (χ2n) is 4.71. The molecule has 0 radical (unpaired) electrons. The topological polar surface area (TPSA) is 59.0 Å². The van der Waals surface area contributed by atoms with Gasteiger partial charge in [0.25, 0.3) is 0 Å². The summed E-state index contributed by atoms with van der Waals surface area (Å²) in [4.78, 5) is 16.6. The number of carbonyl (C=O) groups is 1. The summed E-state index contributed by atoms with van der Waals surface area (Å²) in [6.07, 6.45) is -5.65. The van der Waals surface area contributed by atoms with E-state index in [0.717, 1.165) is 5.06 Å². The lowest BCUT2D eigenvalue weighted by Gasteiger charge is -2.36. The molecule has 2 rings (SSSR count). The zero-order valence-corrected chi connectivity index (χ0v) is 10.4. The molecule has 2 heterocycles. The number of alkyl halides is 3. The summed E-state index contributed by atoms with van der Waals surface area (Å²) in [5.74, 6) is -1.18. The van der Waals surface area contributed by atoms with Gasteiger partial charge < -0.3 is 9.84 Å². The largest absolute Gasteiger partial charge is 0.464 e. The maximum absolute atomic E-state index is 13.2. The molecule has 5 nitrogen and oxygen atoms in total. The lowest BCUT2D eigenvalue weighted by molar-refractivity contribution is -0.278. The van der Waals surface area contributed by atoms with Gasteiger partial charge in [-0.1, -0.05) is 6.42 Å². The lowest BCUT2D eigenvalue weighted by Crippen LogP contribution is -2.62. The number of nitrogens with zero attached hydrogens (tertiary/aromatic N) is 1. The first kappa shape index (κ1) is 14.5. The van der Waals surface area contributed by atoms with Gasteiger partial charge in [-0.25, -0.2) is 4.79 Å². The number of ether oxygens (including phenoxy) is 1. The van der Waals surface area contributed by atoms with E-state index in [1.165, 1.54) is 6.92 Å². The molecule has 0 spiro atoms. The molecule has 0 amide bonds. The Kier molecular flexibility index (Phi) is 3.76. The van der Waals surface area contributed by atoms with Crippen LogP contribution < -0.4 is 0 Å². The minimum atomic E-state index is -4.96. The molecule has 19 heavy (non-hydrogen) atoms. The third-order valence-electron chi connectivity index (χ3n) is 3.56. The number of carbonyl (C=O) groups excluding carboxylic acids is 1. The number of halogens is 3. The second kappa shape index (κ2) is 4.92. The predicted octanol–water partition coefficient (Wildman–Crippen LogP) is 1.01. The summed E-state index contributed by atoms with van der Waals surface area (Å²) in [6.45, 7) is 1.67. The maximum atomic E-state index is 13.2. The van der Waals surface area contributed by atoms with Gasteiger partial charge >= 0.3 is 12.1 Å². The molecule has 2 saturated heterocycles. The van der Waals surface area contributed by atoms with Gasteiger partial charge in [-0.15, -0.1) is 0 Å². The minimum Gasteiger partial charge on any atom is -0.464 e. The highest BCUT2D eigenvalue weighted by Crippen LogP contribution is 2.47. The molecule has 0 aliphatic carbocycles. The quantitative estimate of drug-likeness (QED) is 0.767. The molecule has 1 N–H and O–H groups in total. The molecule has 0 unspecified atom stereocenters. The molecule has 3 atom stereocenters. The molecule has 0 bridgehead atoms. The molecule has 2 fully saturated rings. The van der Waals surface area contributed by atoms with E-state index in [0.29, 0.717) is 12.8 Å². The van der Waals surface area contributed by atoms with Crippen LogP contribution in [0.25, 0.3) is 0 Å². The van der Waals surface area contributed by atoms with Crippen LogP contribution in [0.1, 0.15) is 26.2 Å². The van der Waals surface area contributed by atoms with Crippen molar-refractivity contribution in [2.75, 3.05) is 13.2 Å². The summed E-state index contributed by atoms with van der Waals surface area (Å²) in [7, 11) is 0. The molecular formula is C11H16F3NO4. The fourth-order valence-electron chi connectivity index (χ4n) is 2.64. The average molecular weight is 283 g/mol. The Morgan fingerprint density at radius 1 is 1.53 bits per heavy atom. The molecule has 0 saturated carbocycles. The Hall–Kier alpha value is -0.860. The van der Waals surface area contributed by atoms with Gasteiger partial charge in [0.15, 0.2) is 0 Å². The Morgan fingerprint density at radius 3 is 2.79 bits per heavy atom. The highest BCUT2D eigenvalue weighted by Gasteiger charge is 2.72. The third-order valence-corrected chi connectivity index (χ3v) is 3.56. The van der Waals surface area contributed by atoms with E-state index < -0.39 is 29.9 Å². The fraction of sp³-hybridized carbons (Fsp3) is 0.909. The van der Waals surface area contributed by atoms with Crippen molar-refractivity contribution < 1.29 is 32.6 Å². The van der Waals surface area contributed by atoms with E-state index in [4.69, 9.17) is 4.84 Å². The zero-order valence-electron chi connectivity index (χ0n) is 10.4. The first-order valence-corrected chi connectivity index (χ1v) is 6.21. The Balaban J connectivity index is 2.33. The van der Waals surface area contributed by atoms with Crippen LogP contribution in [0, 0.1) is 0 Å². The van der Waals surface area contributed by atoms with Gasteiger partial charge in [-0.3, -0.25) is 4.84 Å². The highest BCUT2D eigenvalue weighted by molar-refractivity contribution is 5.77. The van der Waals surface area contributed by atoms with Crippen molar-refractivity contribution in [3.05, 3.63) is 0 Å². The molecule has 0 aromatic heterocycles. The second-order valence-corrected chi connectivity index (χ2v) is 4.71. The number of aliphatic hydroxyl groups is 1.